The zero-order valence-electron chi connectivity index (χ0n) is 11.8. The molecule has 0 saturated carbocycles. The van der Waals surface area contributed by atoms with E-state index in [0.717, 1.165) is 15.6 Å². The molecule has 2 aromatic carbocycles. The first-order valence-electron chi connectivity index (χ1n) is 6.45. The number of nitrogens with two attached hydrogens (primary N) is 1. The van der Waals surface area contributed by atoms with Crippen molar-refractivity contribution >= 4 is 31.6 Å². The molecule has 0 amide bonds. The van der Waals surface area contributed by atoms with Crippen LogP contribution in [0.15, 0.2) is 51.8 Å². The van der Waals surface area contributed by atoms with E-state index >= 15 is 0 Å². The van der Waals surface area contributed by atoms with Gasteiger partial charge in [-0.2, -0.15) is 0 Å². The molecule has 0 saturated heterocycles. The molecule has 0 radical (unpaired) electrons. The standard InChI is InChI=1S/C15H17BrN2O2S/c1-10-5-3-8-14(15(10)16)18-21(19,20)13-7-4-6-12(9-13)11(2)17/h3-9,11,18H,17H2,1-2H3. The molecule has 0 aliphatic carbocycles. The molecule has 0 aliphatic rings. The number of benzene rings is 2. The maximum Gasteiger partial charge on any atom is 0.261 e. The topological polar surface area (TPSA) is 72.2 Å². The van der Waals surface area contributed by atoms with Crippen LogP contribution >= 0.6 is 15.9 Å². The maximum atomic E-state index is 12.5. The van der Waals surface area contributed by atoms with E-state index in [2.05, 4.69) is 20.7 Å². The van der Waals surface area contributed by atoms with Gasteiger partial charge in [0.05, 0.1) is 10.6 Å². The van der Waals surface area contributed by atoms with Crippen LogP contribution in [-0.2, 0) is 10.0 Å². The van der Waals surface area contributed by atoms with Crippen molar-refractivity contribution in [1.29, 1.82) is 0 Å². The van der Waals surface area contributed by atoms with Gasteiger partial charge >= 0.3 is 0 Å². The fourth-order valence-electron chi connectivity index (χ4n) is 1.89. The van der Waals surface area contributed by atoms with Gasteiger partial charge in [0.2, 0.25) is 0 Å². The van der Waals surface area contributed by atoms with E-state index in [0.29, 0.717) is 5.69 Å². The van der Waals surface area contributed by atoms with E-state index in [1.807, 2.05) is 26.0 Å². The van der Waals surface area contributed by atoms with Gasteiger partial charge in [-0.05, 0) is 59.1 Å². The number of sulfonamides is 1. The highest BCUT2D eigenvalue weighted by Gasteiger charge is 2.17. The van der Waals surface area contributed by atoms with Gasteiger partial charge in [0.1, 0.15) is 0 Å². The molecule has 2 rings (SSSR count). The second-order valence-corrected chi connectivity index (χ2v) is 7.38. The molecule has 1 atom stereocenters. The van der Waals surface area contributed by atoms with Crippen LogP contribution in [0.4, 0.5) is 5.69 Å². The lowest BCUT2D eigenvalue weighted by atomic mass is 10.1. The van der Waals surface area contributed by atoms with Crippen LogP contribution in [-0.4, -0.2) is 8.42 Å². The Kier molecular flexibility index (Phi) is 4.70. The fourth-order valence-corrected chi connectivity index (χ4v) is 3.52. The van der Waals surface area contributed by atoms with Crippen LogP contribution in [0.3, 0.4) is 0 Å². The highest BCUT2D eigenvalue weighted by molar-refractivity contribution is 9.10. The Hall–Kier alpha value is -1.37. The van der Waals surface area contributed by atoms with Gasteiger partial charge in [0.25, 0.3) is 10.0 Å². The lowest BCUT2D eigenvalue weighted by Gasteiger charge is -2.13. The van der Waals surface area contributed by atoms with Crippen LogP contribution in [0.2, 0.25) is 0 Å². The number of anilines is 1. The summed E-state index contributed by atoms with van der Waals surface area (Å²) < 4.78 is 28.3. The average Bonchev–Trinajstić information content (AvgIpc) is 2.44. The largest absolute Gasteiger partial charge is 0.324 e. The quantitative estimate of drug-likeness (QED) is 0.865. The van der Waals surface area contributed by atoms with Crippen LogP contribution in [0, 0.1) is 6.92 Å². The van der Waals surface area contributed by atoms with Gasteiger partial charge < -0.3 is 5.73 Å². The summed E-state index contributed by atoms with van der Waals surface area (Å²) in [6, 6.07) is 11.9. The summed E-state index contributed by atoms with van der Waals surface area (Å²) in [7, 11) is -3.64. The number of aryl methyl sites for hydroxylation is 1. The normalized spacial score (nSPS) is 13.0. The van der Waals surface area contributed by atoms with E-state index in [1.165, 1.54) is 0 Å². The summed E-state index contributed by atoms with van der Waals surface area (Å²) in [4.78, 5) is 0.200. The van der Waals surface area contributed by atoms with E-state index in [9.17, 15) is 8.42 Å². The lowest BCUT2D eigenvalue weighted by molar-refractivity contribution is 0.601. The molecule has 0 aromatic heterocycles. The van der Waals surface area contributed by atoms with Crippen LogP contribution in [0.25, 0.3) is 0 Å². The van der Waals surface area contributed by atoms with E-state index in [4.69, 9.17) is 5.73 Å². The molecule has 0 fully saturated rings. The Labute approximate surface area is 133 Å². The number of halogens is 1. The molecule has 21 heavy (non-hydrogen) atoms. The zero-order chi connectivity index (χ0) is 15.6. The highest BCUT2D eigenvalue weighted by Crippen LogP contribution is 2.28. The molecule has 0 aliphatic heterocycles. The minimum absolute atomic E-state index is 0.200. The summed E-state index contributed by atoms with van der Waals surface area (Å²) in [5.41, 5.74) is 8.05. The molecule has 112 valence electrons. The molecule has 0 spiro atoms. The second kappa shape index (κ2) is 6.17. The second-order valence-electron chi connectivity index (χ2n) is 4.90. The third-order valence-corrected chi connectivity index (χ3v) is 5.55. The molecule has 3 N–H and O–H groups in total. The maximum absolute atomic E-state index is 12.5. The summed E-state index contributed by atoms with van der Waals surface area (Å²) in [6.07, 6.45) is 0. The predicted molar refractivity (Wildman–Crippen MR) is 88.7 cm³/mol. The smallest absolute Gasteiger partial charge is 0.261 e. The van der Waals surface area contributed by atoms with Crippen molar-refractivity contribution in [1.82, 2.24) is 0 Å². The molecule has 6 heteroatoms. The van der Waals surface area contributed by atoms with Gasteiger partial charge in [-0.15, -0.1) is 0 Å². The fraction of sp³-hybridized carbons (Fsp3) is 0.200. The number of rotatable bonds is 4. The van der Waals surface area contributed by atoms with Crippen molar-refractivity contribution in [2.24, 2.45) is 5.73 Å². The molecule has 0 bridgehead atoms. The van der Waals surface area contributed by atoms with E-state index < -0.39 is 10.0 Å². The number of hydrogen-bond acceptors (Lipinski definition) is 3. The third kappa shape index (κ3) is 3.64. The zero-order valence-corrected chi connectivity index (χ0v) is 14.2. The highest BCUT2D eigenvalue weighted by atomic mass is 79.9. The van der Waals surface area contributed by atoms with Gasteiger partial charge in [-0.25, -0.2) is 8.42 Å². The van der Waals surface area contributed by atoms with Gasteiger partial charge in [-0.3, -0.25) is 4.72 Å². The average molecular weight is 369 g/mol. The minimum atomic E-state index is -3.64. The Morgan fingerprint density at radius 3 is 2.52 bits per heavy atom. The van der Waals surface area contributed by atoms with Gasteiger partial charge in [0.15, 0.2) is 0 Å². The predicted octanol–water partition coefficient (Wildman–Crippen LogP) is 3.58. The molecular weight excluding hydrogens is 352 g/mol. The summed E-state index contributed by atoms with van der Waals surface area (Å²) in [5.74, 6) is 0. The third-order valence-electron chi connectivity index (χ3n) is 3.13. The van der Waals surface area contributed by atoms with Crippen LogP contribution in [0.5, 0.6) is 0 Å². The first-order chi connectivity index (χ1) is 9.81. The Morgan fingerprint density at radius 2 is 1.86 bits per heavy atom. The Morgan fingerprint density at radius 1 is 1.19 bits per heavy atom. The van der Waals surface area contributed by atoms with Gasteiger partial charge in [0, 0.05) is 10.5 Å². The molecule has 2 aromatic rings. The number of hydrogen-bond donors (Lipinski definition) is 2. The van der Waals surface area contributed by atoms with Crippen molar-refractivity contribution in [3.63, 3.8) is 0 Å². The van der Waals surface area contributed by atoms with Crippen molar-refractivity contribution in [2.75, 3.05) is 4.72 Å². The van der Waals surface area contributed by atoms with Crippen molar-refractivity contribution < 1.29 is 8.42 Å². The molecule has 1 unspecified atom stereocenters. The lowest BCUT2D eigenvalue weighted by Crippen LogP contribution is -2.14. The molecule has 4 nitrogen and oxygen atoms in total. The van der Waals surface area contributed by atoms with Crippen molar-refractivity contribution in [3.8, 4) is 0 Å². The van der Waals surface area contributed by atoms with Crippen LogP contribution < -0.4 is 10.5 Å². The number of nitrogens with one attached hydrogen (secondary N) is 1. The summed E-state index contributed by atoms with van der Waals surface area (Å²) in [5, 5.41) is 0. The van der Waals surface area contributed by atoms with E-state index in [1.54, 1.807) is 30.3 Å². The molecule has 0 heterocycles. The minimum Gasteiger partial charge on any atom is -0.324 e. The van der Waals surface area contributed by atoms with Crippen molar-refractivity contribution in [3.05, 3.63) is 58.1 Å². The van der Waals surface area contributed by atoms with Gasteiger partial charge in [-0.1, -0.05) is 24.3 Å². The monoisotopic (exact) mass is 368 g/mol. The summed E-state index contributed by atoms with van der Waals surface area (Å²) >= 11 is 3.40. The molecular formula is C15H17BrN2O2S. The first-order valence-corrected chi connectivity index (χ1v) is 8.72. The SMILES string of the molecule is Cc1cccc(NS(=O)(=O)c2cccc(C(C)N)c2)c1Br. The Bertz CT molecular complexity index is 758. The van der Waals surface area contributed by atoms with Crippen LogP contribution in [0.1, 0.15) is 24.1 Å². The summed E-state index contributed by atoms with van der Waals surface area (Å²) in [6.45, 7) is 3.72. The Balaban J connectivity index is 2.39. The van der Waals surface area contributed by atoms with Crippen molar-refractivity contribution in [2.45, 2.75) is 24.8 Å². The van der Waals surface area contributed by atoms with E-state index in [-0.39, 0.29) is 10.9 Å². The first kappa shape index (κ1) is 16.0.